The van der Waals surface area contributed by atoms with Crippen molar-refractivity contribution in [1.29, 1.82) is 5.26 Å². The van der Waals surface area contributed by atoms with Crippen LogP contribution in [-0.2, 0) is 21.2 Å². The Kier molecular flexibility index (Phi) is 11.3. The smallest absolute Gasteiger partial charge is 0.418 e. The molecule has 3 heterocycles. The fourth-order valence-corrected chi connectivity index (χ4v) is 6.76. The number of carboxylic acid groups (broad SMARTS) is 1. The number of benzene rings is 1. The average Bonchev–Trinajstić information content (AvgIpc) is 3.04. The second kappa shape index (κ2) is 15.0. The first-order chi connectivity index (χ1) is 21.9. The summed E-state index contributed by atoms with van der Waals surface area (Å²) in [6.07, 6.45) is 0.0227. The lowest BCUT2D eigenvalue weighted by Gasteiger charge is -2.44. The number of carbonyl (C=O) groups is 3. The molecule has 46 heavy (non-hydrogen) atoms. The molecule has 2 aliphatic rings. The van der Waals surface area contributed by atoms with Crippen LogP contribution in [0, 0.1) is 17.2 Å². The van der Waals surface area contributed by atoms with E-state index in [0.29, 0.717) is 70.2 Å². The van der Waals surface area contributed by atoms with Gasteiger partial charge in [-0.1, -0.05) is 31.5 Å². The van der Waals surface area contributed by atoms with Crippen LogP contribution in [0.2, 0.25) is 0 Å². The fourth-order valence-electron chi connectivity index (χ4n) is 6.76. The number of hydrogen-bond acceptors (Lipinski definition) is 6. The van der Waals surface area contributed by atoms with E-state index in [9.17, 15) is 32.8 Å². The molecule has 12 heteroatoms. The van der Waals surface area contributed by atoms with Crippen molar-refractivity contribution in [2.24, 2.45) is 5.92 Å². The number of halogens is 3. The number of nitrogens with zero attached hydrogens (tertiary/aromatic N) is 4. The first-order valence-electron chi connectivity index (χ1n) is 15.9. The minimum Gasteiger partial charge on any atom is -0.490 e. The molecule has 0 radical (unpaired) electrons. The number of ether oxygens (including phenoxy) is 1. The highest BCUT2D eigenvalue weighted by Crippen LogP contribution is 2.41. The van der Waals surface area contributed by atoms with Gasteiger partial charge in [-0.2, -0.15) is 18.4 Å². The number of aliphatic carboxylic acids is 1. The Hall–Kier alpha value is -4.14. The summed E-state index contributed by atoms with van der Waals surface area (Å²) in [6, 6.07) is 11.2. The molecule has 3 unspecified atom stereocenters. The summed E-state index contributed by atoms with van der Waals surface area (Å²) in [5, 5.41) is 19.4. The monoisotopic (exact) mass is 642 g/mol. The minimum atomic E-state index is -4.74. The molecule has 1 N–H and O–H groups in total. The van der Waals surface area contributed by atoms with Crippen molar-refractivity contribution in [2.45, 2.75) is 95.4 Å². The maximum absolute atomic E-state index is 14.0. The maximum atomic E-state index is 14.0. The lowest BCUT2D eigenvalue weighted by atomic mass is 9.73. The molecule has 4 rings (SSSR count). The van der Waals surface area contributed by atoms with E-state index >= 15 is 0 Å². The molecule has 248 valence electrons. The minimum absolute atomic E-state index is 0.0467. The van der Waals surface area contributed by atoms with Gasteiger partial charge in [0.1, 0.15) is 11.4 Å². The zero-order chi connectivity index (χ0) is 33.5. The number of carbonyl (C=O) groups excluding carboxylic acids is 2. The van der Waals surface area contributed by atoms with Gasteiger partial charge >= 0.3 is 12.1 Å². The lowest BCUT2D eigenvalue weighted by Crippen LogP contribution is -2.55. The second-order valence-electron chi connectivity index (χ2n) is 12.2. The summed E-state index contributed by atoms with van der Waals surface area (Å²) >= 11 is 0. The van der Waals surface area contributed by atoms with Gasteiger partial charge in [-0.25, -0.2) is 0 Å². The number of pyridine rings is 1. The Morgan fingerprint density at radius 2 is 1.87 bits per heavy atom. The molecule has 0 saturated carbocycles. The molecule has 2 fully saturated rings. The zero-order valence-corrected chi connectivity index (χ0v) is 26.3. The van der Waals surface area contributed by atoms with Crippen molar-refractivity contribution in [3.63, 3.8) is 0 Å². The molecule has 0 spiro atoms. The van der Waals surface area contributed by atoms with E-state index in [1.807, 2.05) is 32.0 Å². The molecule has 2 aromatic rings. The van der Waals surface area contributed by atoms with Gasteiger partial charge in [-0.3, -0.25) is 19.4 Å². The number of rotatable bonds is 11. The molecule has 3 atom stereocenters. The van der Waals surface area contributed by atoms with E-state index in [4.69, 9.17) is 9.84 Å². The first kappa shape index (κ1) is 34.7. The van der Waals surface area contributed by atoms with Gasteiger partial charge in [0.15, 0.2) is 0 Å². The molecule has 2 aliphatic heterocycles. The van der Waals surface area contributed by atoms with Crippen molar-refractivity contribution in [1.82, 2.24) is 14.8 Å². The van der Waals surface area contributed by atoms with Gasteiger partial charge in [0, 0.05) is 43.9 Å². The molecular formula is C34H41F3N4O5. The number of aromatic nitrogens is 1. The highest BCUT2D eigenvalue weighted by Gasteiger charge is 2.45. The number of nitriles is 1. The fraction of sp³-hybridized carbons (Fsp3) is 0.559. The van der Waals surface area contributed by atoms with Crippen molar-refractivity contribution < 1.29 is 37.4 Å². The molecule has 2 amide bonds. The highest BCUT2D eigenvalue weighted by molar-refractivity contribution is 5.95. The van der Waals surface area contributed by atoms with Gasteiger partial charge in [0.05, 0.1) is 29.1 Å². The number of amides is 2. The van der Waals surface area contributed by atoms with E-state index in [-0.39, 0.29) is 25.0 Å². The summed E-state index contributed by atoms with van der Waals surface area (Å²) in [7, 11) is 0. The maximum Gasteiger partial charge on any atom is 0.418 e. The quantitative estimate of drug-likeness (QED) is 0.308. The van der Waals surface area contributed by atoms with Crippen LogP contribution in [-0.4, -0.2) is 69.5 Å². The predicted octanol–water partition coefficient (Wildman–Crippen LogP) is 6.23. The third-order valence-corrected chi connectivity index (χ3v) is 9.13. The van der Waals surface area contributed by atoms with Gasteiger partial charge in [-0.15, -0.1) is 0 Å². The SMILES string of the molecule is CCCC1C(C(=O)N2CCC(C#N)(c3ccccc3OC(C)CCCC(=O)O)CC2)CCCN1C(=O)c1ncccc1C(F)(F)F. The van der Waals surface area contributed by atoms with Crippen LogP contribution in [0.25, 0.3) is 0 Å². The van der Waals surface area contributed by atoms with E-state index < -0.39 is 46.7 Å². The largest absolute Gasteiger partial charge is 0.490 e. The third kappa shape index (κ3) is 7.80. The second-order valence-corrected chi connectivity index (χ2v) is 12.2. The van der Waals surface area contributed by atoms with E-state index in [2.05, 4.69) is 11.1 Å². The standard InChI is InChI=1S/C34H41F3N4O5/c1-3-9-27-24(11-8-19-41(27)32(45)30-26(34(35,36)37)13-7-18-39-30)31(44)40-20-16-33(22-38,17-21-40)25-12-4-5-14-28(25)46-23(2)10-6-15-29(42)43/h4-5,7,12-14,18,23-24,27H,3,6,8-11,15-17,19-21H2,1-2H3,(H,42,43). The van der Waals surface area contributed by atoms with Gasteiger partial charge < -0.3 is 19.6 Å². The Bertz CT molecular complexity index is 1430. The molecule has 1 aromatic carbocycles. The number of piperidine rings is 2. The van der Waals surface area contributed by atoms with Crippen LogP contribution >= 0.6 is 0 Å². The van der Waals surface area contributed by atoms with Crippen molar-refractivity contribution >= 4 is 17.8 Å². The Morgan fingerprint density at radius 3 is 2.52 bits per heavy atom. The molecular weight excluding hydrogens is 601 g/mol. The van der Waals surface area contributed by atoms with Crippen molar-refractivity contribution in [3.05, 3.63) is 59.4 Å². The van der Waals surface area contributed by atoms with Gasteiger partial charge in [-0.05, 0) is 70.1 Å². The number of alkyl halides is 3. The van der Waals surface area contributed by atoms with E-state index in [0.717, 1.165) is 17.7 Å². The summed E-state index contributed by atoms with van der Waals surface area (Å²) < 4.78 is 47.4. The highest BCUT2D eigenvalue weighted by atomic mass is 19.4. The summed E-state index contributed by atoms with van der Waals surface area (Å²) in [5.74, 6) is -1.86. The topological polar surface area (TPSA) is 124 Å². The number of para-hydroxylation sites is 1. The Balaban J connectivity index is 1.49. The van der Waals surface area contributed by atoms with Crippen LogP contribution in [0.4, 0.5) is 13.2 Å². The van der Waals surface area contributed by atoms with Crippen LogP contribution in [0.15, 0.2) is 42.6 Å². The summed E-state index contributed by atoms with van der Waals surface area (Å²) in [5.41, 5.74) is -1.92. The zero-order valence-electron chi connectivity index (χ0n) is 26.3. The normalized spacial score (nSPS) is 20.4. The van der Waals surface area contributed by atoms with Crippen molar-refractivity contribution in [3.8, 4) is 11.8 Å². The van der Waals surface area contributed by atoms with Crippen LogP contribution in [0.1, 0.15) is 93.3 Å². The first-order valence-corrected chi connectivity index (χ1v) is 15.9. The molecule has 2 saturated heterocycles. The molecule has 9 nitrogen and oxygen atoms in total. The number of carboxylic acids is 1. The van der Waals surface area contributed by atoms with Gasteiger partial charge in [0.2, 0.25) is 5.91 Å². The molecule has 0 bridgehead atoms. The van der Waals surface area contributed by atoms with Crippen LogP contribution in [0.5, 0.6) is 5.75 Å². The van der Waals surface area contributed by atoms with Crippen LogP contribution < -0.4 is 4.74 Å². The summed E-state index contributed by atoms with van der Waals surface area (Å²) in [6.45, 7) is 4.62. The van der Waals surface area contributed by atoms with E-state index in [1.165, 1.54) is 11.1 Å². The number of hydrogen-bond donors (Lipinski definition) is 1. The van der Waals surface area contributed by atoms with Crippen LogP contribution in [0.3, 0.4) is 0 Å². The van der Waals surface area contributed by atoms with Crippen molar-refractivity contribution in [2.75, 3.05) is 19.6 Å². The average molecular weight is 643 g/mol. The van der Waals surface area contributed by atoms with E-state index in [1.54, 1.807) is 11.0 Å². The Labute approximate surface area is 267 Å². The Morgan fingerprint density at radius 1 is 1.15 bits per heavy atom. The summed E-state index contributed by atoms with van der Waals surface area (Å²) in [4.78, 5) is 45.4. The molecule has 1 aromatic heterocycles. The van der Waals surface area contributed by atoms with Gasteiger partial charge in [0.25, 0.3) is 5.91 Å². The lowest BCUT2D eigenvalue weighted by molar-refractivity contribution is -0.141. The molecule has 0 aliphatic carbocycles. The predicted molar refractivity (Wildman–Crippen MR) is 163 cm³/mol. The number of likely N-dealkylation sites (tertiary alicyclic amines) is 2. The third-order valence-electron chi connectivity index (χ3n) is 9.13.